The Labute approximate surface area is 190 Å². The lowest BCUT2D eigenvalue weighted by molar-refractivity contribution is -0.136. The summed E-state index contributed by atoms with van der Waals surface area (Å²) >= 11 is 0. The molecule has 0 bridgehead atoms. The minimum Gasteiger partial charge on any atom is -0.493 e. The van der Waals surface area contributed by atoms with Crippen molar-refractivity contribution < 1.29 is 14.6 Å². The van der Waals surface area contributed by atoms with Crippen molar-refractivity contribution in [1.82, 2.24) is 5.32 Å². The van der Waals surface area contributed by atoms with Gasteiger partial charge in [0.2, 0.25) is 0 Å². The fourth-order valence-electron chi connectivity index (χ4n) is 4.60. The van der Waals surface area contributed by atoms with Crippen LogP contribution in [0.1, 0.15) is 43.9 Å². The van der Waals surface area contributed by atoms with Gasteiger partial charge in [-0.3, -0.25) is 4.79 Å². The second-order valence-corrected chi connectivity index (χ2v) is 8.60. The highest BCUT2D eigenvalue weighted by Crippen LogP contribution is 2.30. The summed E-state index contributed by atoms with van der Waals surface area (Å²) in [6.07, 6.45) is 1.93. The lowest BCUT2D eigenvalue weighted by atomic mass is 9.99. The first-order valence-corrected chi connectivity index (χ1v) is 11.5. The lowest BCUT2D eigenvalue weighted by Crippen LogP contribution is -2.34. The van der Waals surface area contributed by atoms with E-state index in [1.807, 2.05) is 18.2 Å². The van der Waals surface area contributed by atoms with Crippen molar-refractivity contribution >= 4 is 22.4 Å². The van der Waals surface area contributed by atoms with E-state index in [2.05, 4.69) is 66.5 Å². The molecule has 1 heterocycles. The maximum atomic E-state index is 11.2. The van der Waals surface area contributed by atoms with E-state index in [4.69, 9.17) is 4.74 Å². The van der Waals surface area contributed by atoms with E-state index in [-0.39, 0.29) is 12.5 Å². The summed E-state index contributed by atoms with van der Waals surface area (Å²) in [5.41, 5.74) is 3.15. The molecule has 1 saturated heterocycles. The molecule has 0 aromatic heterocycles. The van der Waals surface area contributed by atoms with Crippen LogP contribution in [0, 0.1) is 0 Å². The van der Waals surface area contributed by atoms with Crippen molar-refractivity contribution in [2.45, 2.75) is 45.2 Å². The Balaban J connectivity index is 1.45. The lowest BCUT2D eigenvalue weighted by Gasteiger charge is -2.23. The zero-order valence-corrected chi connectivity index (χ0v) is 18.9. The van der Waals surface area contributed by atoms with Crippen molar-refractivity contribution in [2.75, 3.05) is 24.6 Å². The third-order valence-electron chi connectivity index (χ3n) is 6.18. The van der Waals surface area contributed by atoms with Crippen molar-refractivity contribution in [2.24, 2.45) is 0 Å². The number of benzene rings is 3. The monoisotopic (exact) mass is 432 g/mol. The number of hydrogen-bond acceptors (Lipinski definition) is 4. The average Bonchev–Trinajstić information content (AvgIpc) is 3.26. The van der Waals surface area contributed by atoms with Crippen LogP contribution in [0.15, 0.2) is 60.7 Å². The van der Waals surface area contributed by atoms with E-state index >= 15 is 0 Å². The Bertz CT molecular complexity index is 1080. The molecule has 5 nitrogen and oxygen atoms in total. The maximum absolute atomic E-state index is 11.2. The summed E-state index contributed by atoms with van der Waals surface area (Å²) in [6, 6.07) is 21.6. The van der Waals surface area contributed by atoms with Crippen LogP contribution in [0.2, 0.25) is 0 Å². The van der Waals surface area contributed by atoms with Crippen molar-refractivity contribution in [3.63, 3.8) is 0 Å². The van der Waals surface area contributed by atoms with Gasteiger partial charge in [0.15, 0.2) is 0 Å². The largest absolute Gasteiger partial charge is 0.493 e. The van der Waals surface area contributed by atoms with E-state index in [1.165, 1.54) is 16.3 Å². The number of fused-ring (bicyclic) bond motifs is 1. The number of carboxylic acids is 1. The van der Waals surface area contributed by atoms with Gasteiger partial charge >= 0.3 is 5.97 Å². The van der Waals surface area contributed by atoms with Crippen LogP contribution in [-0.2, 0) is 11.2 Å². The number of nitrogens with zero attached hydrogens (tertiary/aromatic N) is 1. The van der Waals surface area contributed by atoms with Gasteiger partial charge in [0.25, 0.3) is 0 Å². The highest BCUT2D eigenvalue weighted by molar-refractivity contribution is 5.86. The van der Waals surface area contributed by atoms with Gasteiger partial charge in [0, 0.05) is 42.5 Å². The van der Waals surface area contributed by atoms with Gasteiger partial charge in [-0.2, -0.15) is 0 Å². The molecule has 0 radical (unpaired) electrons. The summed E-state index contributed by atoms with van der Waals surface area (Å²) in [6.45, 7) is 6.76. The molecule has 2 N–H and O–H groups in total. The first kappa shape index (κ1) is 22.2. The molecule has 0 unspecified atom stereocenters. The fraction of sp³-hybridized carbons (Fsp3) is 0.370. The minimum absolute atomic E-state index is 0.0218. The Hall–Kier alpha value is -3.05. The second-order valence-electron chi connectivity index (χ2n) is 8.60. The molecule has 168 valence electrons. The van der Waals surface area contributed by atoms with Crippen molar-refractivity contribution in [3.05, 3.63) is 71.8 Å². The SMILES string of the molecule is CCCOc1cc(N2CC[C@H](N[C@H](C)c3cccc4ccccc34)C2)ccc1CC(=O)O. The molecule has 0 spiro atoms. The van der Waals surface area contributed by atoms with E-state index in [1.54, 1.807) is 0 Å². The smallest absolute Gasteiger partial charge is 0.307 e. The van der Waals surface area contributed by atoms with Crippen LogP contribution in [0.4, 0.5) is 5.69 Å². The molecule has 0 saturated carbocycles. The molecule has 0 amide bonds. The summed E-state index contributed by atoms with van der Waals surface area (Å²) in [5.74, 6) is -0.153. The van der Waals surface area contributed by atoms with Gasteiger partial charge in [-0.25, -0.2) is 0 Å². The maximum Gasteiger partial charge on any atom is 0.307 e. The van der Waals surface area contributed by atoms with Gasteiger partial charge < -0.3 is 20.1 Å². The molecule has 2 atom stereocenters. The third kappa shape index (κ3) is 5.05. The topological polar surface area (TPSA) is 61.8 Å². The van der Waals surface area contributed by atoms with E-state index in [0.717, 1.165) is 37.2 Å². The second kappa shape index (κ2) is 10.0. The zero-order chi connectivity index (χ0) is 22.5. The molecular weight excluding hydrogens is 400 g/mol. The number of aliphatic carboxylic acids is 1. The molecule has 32 heavy (non-hydrogen) atoms. The molecule has 0 aliphatic carbocycles. The average molecular weight is 433 g/mol. The summed E-state index contributed by atoms with van der Waals surface area (Å²) in [4.78, 5) is 13.6. The molecule has 5 heteroatoms. The molecule has 3 aromatic rings. The van der Waals surface area contributed by atoms with Crippen LogP contribution in [-0.4, -0.2) is 36.8 Å². The minimum atomic E-state index is -0.841. The van der Waals surface area contributed by atoms with E-state index in [0.29, 0.717) is 18.4 Å². The highest BCUT2D eigenvalue weighted by Gasteiger charge is 2.25. The van der Waals surface area contributed by atoms with Gasteiger partial charge in [0.05, 0.1) is 13.0 Å². The van der Waals surface area contributed by atoms with Gasteiger partial charge in [-0.1, -0.05) is 55.5 Å². The Morgan fingerprint density at radius 3 is 2.81 bits per heavy atom. The van der Waals surface area contributed by atoms with Crippen molar-refractivity contribution in [3.8, 4) is 5.75 Å². The predicted molar refractivity (Wildman–Crippen MR) is 130 cm³/mol. The first-order valence-electron chi connectivity index (χ1n) is 11.5. The number of nitrogens with one attached hydrogen (secondary N) is 1. The van der Waals surface area contributed by atoms with Gasteiger partial charge in [-0.05, 0) is 42.2 Å². The molecule has 3 aromatic carbocycles. The summed E-state index contributed by atoms with van der Waals surface area (Å²) in [7, 11) is 0. The number of anilines is 1. The van der Waals surface area contributed by atoms with Crippen LogP contribution >= 0.6 is 0 Å². The predicted octanol–water partition coefficient (Wildman–Crippen LogP) is 5.19. The molecular formula is C27H32N2O3. The van der Waals surface area contributed by atoms with Crippen LogP contribution < -0.4 is 15.0 Å². The van der Waals surface area contributed by atoms with Crippen LogP contribution in [0.25, 0.3) is 10.8 Å². The van der Waals surface area contributed by atoms with Gasteiger partial charge in [-0.15, -0.1) is 0 Å². The third-order valence-corrected chi connectivity index (χ3v) is 6.18. The van der Waals surface area contributed by atoms with Crippen LogP contribution in [0.3, 0.4) is 0 Å². The molecule has 1 fully saturated rings. The standard InChI is InChI=1S/C27H32N2O3/c1-3-15-32-26-17-23(12-11-21(26)16-27(30)31)29-14-13-22(18-29)28-19(2)24-10-6-8-20-7-4-5-9-25(20)24/h4-12,17,19,22,28H,3,13-16,18H2,1-2H3,(H,30,31)/t19-,22+/m1/s1. The first-order chi connectivity index (χ1) is 15.5. The molecule has 1 aliphatic heterocycles. The van der Waals surface area contributed by atoms with Crippen LogP contribution in [0.5, 0.6) is 5.75 Å². The number of carbonyl (C=O) groups is 1. The van der Waals surface area contributed by atoms with E-state index < -0.39 is 5.97 Å². The molecule has 1 aliphatic rings. The summed E-state index contributed by atoms with van der Waals surface area (Å²) in [5, 5.41) is 15.6. The number of rotatable bonds is 9. The Morgan fingerprint density at radius 2 is 2.00 bits per heavy atom. The van der Waals surface area contributed by atoms with E-state index in [9.17, 15) is 9.90 Å². The zero-order valence-electron chi connectivity index (χ0n) is 18.9. The number of ether oxygens (including phenoxy) is 1. The summed E-state index contributed by atoms with van der Waals surface area (Å²) < 4.78 is 5.87. The highest BCUT2D eigenvalue weighted by atomic mass is 16.5. The number of carboxylic acid groups (broad SMARTS) is 1. The fourth-order valence-corrected chi connectivity index (χ4v) is 4.60. The Morgan fingerprint density at radius 1 is 1.19 bits per heavy atom. The molecule has 4 rings (SSSR count). The quantitative estimate of drug-likeness (QED) is 0.488. The van der Waals surface area contributed by atoms with Crippen molar-refractivity contribution in [1.29, 1.82) is 0 Å². The number of hydrogen-bond donors (Lipinski definition) is 2. The normalized spacial score (nSPS) is 16.9. The van der Waals surface area contributed by atoms with Gasteiger partial charge in [0.1, 0.15) is 5.75 Å². The Kier molecular flexibility index (Phi) is 6.96.